The van der Waals surface area contributed by atoms with Crippen molar-refractivity contribution in [3.8, 4) is 0 Å². The molecule has 8 rings (SSSR count). The van der Waals surface area contributed by atoms with E-state index >= 15 is 0 Å². The lowest BCUT2D eigenvalue weighted by Gasteiger charge is -2.30. The van der Waals surface area contributed by atoms with Gasteiger partial charge in [0.2, 0.25) is 0 Å². The van der Waals surface area contributed by atoms with Crippen LogP contribution in [-0.2, 0) is 9.47 Å². The summed E-state index contributed by atoms with van der Waals surface area (Å²) < 4.78 is 78.4. The quantitative estimate of drug-likeness (QED) is 0.135. The van der Waals surface area contributed by atoms with Crippen LogP contribution in [0.4, 0.5) is 40.7 Å². The van der Waals surface area contributed by atoms with Crippen molar-refractivity contribution in [3.05, 3.63) is 139 Å². The SMILES string of the molecule is CC(c1cc(C(=O)N(C)C)cc2c(=O)cc(N3CCOCC3)oc12)N(C)c1cc(F)cc(F)c1.CC(c1cc(C(=O)O)cc2c(=O)cc(N3CCOCC3)oc12)N(C)c1cc(F)cc(F)c1. The van der Waals surface area contributed by atoms with Gasteiger partial charge in [0.15, 0.2) is 22.6 Å². The summed E-state index contributed by atoms with van der Waals surface area (Å²) in [6, 6.07) is 14.0. The maximum Gasteiger partial charge on any atom is 0.335 e. The standard InChI is InChI=1S/C25H27F2N3O4.C23H22F2N2O5/c1-15(29(4)19-12-17(26)11-18(27)13-19)20-9-16(25(32)28(2)3)10-21-22(31)14-23(34-24(20)21)30-5-7-33-8-6-30;1-13(26(2)17-10-15(24)9-16(25)11-17)18-7-14(23(29)30)8-19-20(28)12-21(32-22(18)19)27-3-5-31-6-4-27/h9-15H,5-8H2,1-4H3;7-13H,3-6H2,1-2H3,(H,29,30). The molecule has 0 radical (unpaired) electrons. The predicted molar refractivity (Wildman–Crippen MR) is 242 cm³/mol. The molecular formula is C48H49F4N5O9. The molecule has 2 aliphatic rings. The minimum atomic E-state index is -1.20. The van der Waals surface area contributed by atoms with E-state index in [9.17, 15) is 41.8 Å². The highest BCUT2D eigenvalue weighted by atomic mass is 19.1. The molecule has 2 unspecified atom stereocenters. The molecule has 348 valence electrons. The zero-order valence-corrected chi connectivity index (χ0v) is 37.2. The number of hydrogen-bond acceptors (Lipinski definition) is 12. The summed E-state index contributed by atoms with van der Waals surface area (Å²) in [6.45, 7) is 7.87. The first-order valence-corrected chi connectivity index (χ1v) is 21.1. The van der Waals surface area contributed by atoms with E-state index in [4.69, 9.17) is 18.3 Å². The highest BCUT2D eigenvalue weighted by Gasteiger charge is 2.26. The van der Waals surface area contributed by atoms with E-state index in [1.807, 2.05) is 16.7 Å². The van der Waals surface area contributed by atoms with Gasteiger partial charge in [-0.1, -0.05) is 0 Å². The third-order valence-electron chi connectivity index (χ3n) is 11.8. The normalized spacial score (nSPS) is 14.9. The fourth-order valence-electron chi connectivity index (χ4n) is 7.90. The zero-order valence-electron chi connectivity index (χ0n) is 37.2. The second kappa shape index (κ2) is 19.7. The third-order valence-corrected chi connectivity index (χ3v) is 11.8. The van der Waals surface area contributed by atoms with Crippen molar-refractivity contribution >= 4 is 57.0 Å². The molecule has 4 aromatic carbocycles. The van der Waals surface area contributed by atoms with Gasteiger partial charge in [0, 0.05) is 107 Å². The Kier molecular flexibility index (Phi) is 14.0. The number of morpholine rings is 2. The first-order valence-electron chi connectivity index (χ1n) is 21.1. The molecule has 14 nitrogen and oxygen atoms in total. The molecule has 1 amide bonds. The van der Waals surface area contributed by atoms with Crippen molar-refractivity contribution in [2.75, 3.05) is 100 Å². The molecule has 66 heavy (non-hydrogen) atoms. The van der Waals surface area contributed by atoms with Crippen molar-refractivity contribution in [2.24, 2.45) is 0 Å². The monoisotopic (exact) mass is 915 g/mol. The van der Waals surface area contributed by atoms with Crippen LogP contribution < -0.4 is 30.5 Å². The van der Waals surface area contributed by atoms with Crippen LogP contribution in [0.2, 0.25) is 0 Å². The molecule has 6 aromatic rings. The van der Waals surface area contributed by atoms with Crippen molar-refractivity contribution in [1.29, 1.82) is 0 Å². The molecule has 2 aliphatic heterocycles. The smallest absolute Gasteiger partial charge is 0.335 e. The van der Waals surface area contributed by atoms with Crippen LogP contribution in [0.5, 0.6) is 0 Å². The minimum absolute atomic E-state index is 0.0791. The van der Waals surface area contributed by atoms with Crippen LogP contribution in [0, 0.1) is 23.3 Å². The fourth-order valence-corrected chi connectivity index (χ4v) is 7.90. The summed E-state index contributed by atoms with van der Waals surface area (Å²) in [5.41, 5.74) is 1.72. The van der Waals surface area contributed by atoms with Crippen LogP contribution in [0.1, 0.15) is 57.8 Å². The molecule has 1 N–H and O–H groups in total. The Hall–Kier alpha value is -6.92. The van der Waals surface area contributed by atoms with Gasteiger partial charge < -0.3 is 47.9 Å². The van der Waals surface area contributed by atoms with Crippen molar-refractivity contribution < 1.29 is 50.6 Å². The summed E-state index contributed by atoms with van der Waals surface area (Å²) in [4.78, 5) is 59.0. The Morgan fingerprint density at radius 3 is 1.29 bits per heavy atom. The number of carboxylic acid groups (broad SMARTS) is 1. The average Bonchev–Trinajstić information content (AvgIpc) is 3.29. The van der Waals surface area contributed by atoms with Gasteiger partial charge in [0.05, 0.1) is 54.8 Å². The number of benzene rings is 4. The third kappa shape index (κ3) is 10.1. The van der Waals surface area contributed by atoms with E-state index in [2.05, 4.69) is 0 Å². The van der Waals surface area contributed by atoms with E-state index in [1.54, 1.807) is 51.0 Å². The number of nitrogens with zero attached hydrogens (tertiary/aromatic N) is 5. The molecule has 18 heteroatoms. The lowest BCUT2D eigenvalue weighted by Crippen LogP contribution is -2.36. The predicted octanol–water partition coefficient (Wildman–Crippen LogP) is 7.61. The highest BCUT2D eigenvalue weighted by molar-refractivity contribution is 5.99. The molecule has 2 saturated heterocycles. The van der Waals surface area contributed by atoms with Gasteiger partial charge in [-0.15, -0.1) is 0 Å². The summed E-state index contributed by atoms with van der Waals surface area (Å²) in [6.07, 6.45) is 0. The fraction of sp³-hybridized carbons (Fsp3) is 0.333. The number of amides is 1. The van der Waals surface area contributed by atoms with E-state index in [1.165, 1.54) is 59.5 Å². The first kappa shape index (κ1) is 47.1. The van der Waals surface area contributed by atoms with Gasteiger partial charge in [-0.05, 0) is 62.4 Å². The number of ether oxygens (including phenoxy) is 2. The van der Waals surface area contributed by atoms with E-state index in [0.29, 0.717) is 92.3 Å². The number of hydrogen-bond donors (Lipinski definition) is 1. The number of carboxylic acids is 1. The number of anilines is 4. The molecule has 0 bridgehead atoms. The van der Waals surface area contributed by atoms with Crippen LogP contribution in [0.15, 0.2) is 91.2 Å². The number of carbonyl (C=O) groups is 2. The van der Waals surface area contributed by atoms with E-state index in [-0.39, 0.29) is 44.4 Å². The lowest BCUT2D eigenvalue weighted by molar-refractivity contribution is 0.0696. The maximum atomic E-state index is 13.9. The van der Waals surface area contributed by atoms with Crippen molar-refractivity contribution in [1.82, 2.24) is 4.90 Å². The summed E-state index contributed by atoms with van der Waals surface area (Å²) >= 11 is 0. The van der Waals surface area contributed by atoms with Gasteiger partial charge in [0.25, 0.3) is 5.91 Å². The van der Waals surface area contributed by atoms with Gasteiger partial charge >= 0.3 is 5.97 Å². The van der Waals surface area contributed by atoms with E-state index < -0.39 is 41.3 Å². The van der Waals surface area contributed by atoms with Crippen molar-refractivity contribution in [2.45, 2.75) is 25.9 Å². The van der Waals surface area contributed by atoms with Crippen LogP contribution >= 0.6 is 0 Å². The number of aromatic carboxylic acids is 1. The van der Waals surface area contributed by atoms with E-state index in [0.717, 1.165) is 12.1 Å². The number of fused-ring (bicyclic) bond motifs is 2. The van der Waals surface area contributed by atoms with Crippen molar-refractivity contribution in [3.63, 3.8) is 0 Å². The molecule has 0 aliphatic carbocycles. The van der Waals surface area contributed by atoms with Gasteiger partial charge in [-0.3, -0.25) is 14.4 Å². The summed E-state index contributed by atoms with van der Waals surface area (Å²) in [7, 11) is 6.57. The Labute approximate surface area is 376 Å². The lowest BCUT2D eigenvalue weighted by atomic mass is 9.99. The van der Waals surface area contributed by atoms with Crippen LogP contribution in [-0.4, -0.2) is 103 Å². The molecular weight excluding hydrogens is 867 g/mol. The molecule has 2 aromatic heterocycles. The largest absolute Gasteiger partial charge is 0.478 e. The molecule has 2 atom stereocenters. The second-order valence-corrected chi connectivity index (χ2v) is 16.3. The minimum Gasteiger partial charge on any atom is -0.478 e. The topological polar surface area (TPSA) is 149 Å². The molecule has 0 saturated carbocycles. The Morgan fingerprint density at radius 1 is 0.561 bits per heavy atom. The first-order chi connectivity index (χ1) is 31.4. The van der Waals surface area contributed by atoms with Gasteiger partial charge in [0.1, 0.15) is 34.4 Å². The Bertz CT molecular complexity index is 2870. The average molecular weight is 916 g/mol. The number of halogens is 4. The second-order valence-electron chi connectivity index (χ2n) is 16.3. The summed E-state index contributed by atoms with van der Waals surface area (Å²) in [5, 5.41) is 9.96. The zero-order chi connectivity index (χ0) is 47.6. The maximum absolute atomic E-state index is 13.9. The number of rotatable bonds is 10. The summed E-state index contributed by atoms with van der Waals surface area (Å²) in [5.74, 6) is -3.55. The highest BCUT2D eigenvalue weighted by Crippen LogP contribution is 2.35. The van der Waals surface area contributed by atoms with Gasteiger partial charge in [-0.25, -0.2) is 22.4 Å². The molecule has 2 fully saturated rings. The van der Waals surface area contributed by atoms with Crippen LogP contribution in [0.25, 0.3) is 21.9 Å². The van der Waals surface area contributed by atoms with Crippen LogP contribution in [0.3, 0.4) is 0 Å². The number of carbonyl (C=O) groups excluding carboxylic acids is 1. The Balaban J connectivity index is 0.000000197. The Morgan fingerprint density at radius 2 is 0.924 bits per heavy atom. The molecule has 4 heterocycles. The molecule has 0 spiro atoms. The van der Waals surface area contributed by atoms with Gasteiger partial charge in [-0.2, -0.15) is 0 Å².